The first kappa shape index (κ1) is 9.90. The zero-order valence-electron chi connectivity index (χ0n) is 6.75. The Balaban J connectivity index is 3.05. The molecule has 0 saturated carbocycles. The fourth-order valence-corrected chi connectivity index (χ4v) is 1.77. The van der Waals surface area contributed by atoms with E-state index in [0.29, 0.717) is 4.31 Å². The molecule has 3 N–H and O–H groups in total. The Morgan fingerprint density at radius 2 is 2.23 bits per heavy atom. The molecule has 0 bridgehead atoms. The van der Waals surface area contributed by atoms with Crippen molar-refractivity contribution in [1.29, 1.82) is 0 Å². The van der Waals surface area contributed by atoms with Crippen molar-refractivity contribution in [3.63, 3.8) is 0 Å². The molecule has 0 saturated heterocycles. The van der Waals surface area contributed by atoms with Gasteiger partial charge in [0.2, 0.25) is 11.1 Å². The number of allylic oxidation sites excluding steroid dienone is 3. The topological polar surface area (TPSA) is 90.2 Å². The highest BCUT2D eigenvalue weighted by molar-refractivity contribution is 8.18. The van der Waals surface area contributed by atoms with Crippen molar-refractivity contribution in [1.82, 2.24) is 4.31 Å². The van der Waals surface area contributed by atoms with E-state index in [9.17, 15) is 13.9 Å². The van der Waals surface area contributed by atoms with Crippen molar-refractivity contribution in [3.05, 3.63) is 24.1 Å². The Labute approximate surface area is 76.4 Å². The minimum Gasteiger partial charge on any atom is -0.464 e. The van der Waals surface area contributed by atoms with Crippen LogP contribution in [0.2, 0.25) is 0 Å². The van der Waals surface area contributed by atoms with Crippen molar-refractivity contribution in [2.75, 3.05) is 0 Å². The average Bonchev–Trinajstić information content (AvgIpc) is 2.07. The predicted molar refractivity (Wildman–Crippen MR) is 46.7 cm³/mol. The predicted octanol–water partition coefficient (Wildman–Crippen LogP) is 1.99. The normalized spacial score (nSPS) is 22.7. The Bertz CT molecular complexity index is 285. The fraction of sp³-hybridized carbons (Fsp3) is 0.167. The summed E-state index contributed by atoms with van der Waals surface area (Å²) in [6, 6.07) is 0. The summed E-state index contributed by atoms with van der Waals surface area (Å²) in [6.07, 6.45) is 2.33. The molecule has 74 valence electrons. The maximum absolute atomic E-state index is 10.6. The lowest BCUT2D eigenvalue weighted by Gasteiger charge is -2.33. The van der Waals surface area contributed by atoms with Crippen LogP contribution >= 0.6 is 11.1 Å². The van der Waals surface area contributed by atoms with E-state index in [2.05, 4.69) is 4.18 Å². The van der Waals surface area contributed by atoms with E-state index < -0.39 is 17.1 Å². The van der Waals surface area contributed by atoms with Gasteiger partial charge in [-0.25, -0.2) is 4.79 Å². The molecule has 0 aromatic rings. The van der Waals surface area contributed by atoms with Gasteiger partial charge in [-0.05, 0) is 19.1 Å². The van der Waals surface area contributed by atoms with Crippen LogP contribution in [-0.4, -0.2) is 24.6 Å². The summed E-state index contributed by atoms with van der Waals surface area (Å²) in [5.74, 6) is 0. The van der Waals surface area contributed by atoms with Crippen LogP contribution in [0.5, 0.6) is 0 Å². The van der Waals surface area contributed by atoms with Crippen LogP contribution in [0.1, 0.15) is 6.92 Å². The third-order valence-corrected chi connectivity index (χ3v) is 2.62. The summed E-state index contributed by atoms with van der Waals surface area (Å²) < 4.78 is 23.3. The van der Waals surface area contributed by atoms with Gasteiger partial charge in [-0.15, -0.1) is 0 Å². The highest BCUT2D eigenvalue weighted by atomic mass is 32.3. The lowest BCUT2D eigenvalue weighted by molar-refractivity contribution is 0.170. The van der Waals surface area contributed by atoms with Gasteiger partial charge < -0.3 is 9.29 Å². The minimum absolute atomic E-state index is 0.182. The van der Waals surface area contributed by atoms with E-state index in [1.807, 2.05) is 0 Å². The van der Waals surface area contributed by atoms with Crippen molar-refractivity contribution in [2.45, 2.75) is 6.92 Å². The van der Waals surface area contributed by atoms with Gasteiger partial charge in [0.05, 0.1) is 0 Å². The summed E-state index contributed by atoms with van der Waals surface area (Å²) in [5.41, 5.74) is 0.182. The summed E-state index contributed by atoms with van der Waals surface area (Å²) >= 11 is -3.73. The summed E-state index contributed by atoms with van der Waals surface area (Å²) in [7, 11) is 0. The van der Waals surface area contributed by atoms with E-state index in [0.717, 1.165) is 6.26 Å². The smallest absolute Gasteiger partial charge is 0.426 e. The van der Waals surface area contributed by atoms with E-state index in [1.165, 1.54) is 19.1 Å². The van der Waals surface area contributed by atoms with Gasteiger partial charge in [0.1, 0.15) is 6.26 Å². The molecular weight excluding hydrogens is 198 g/mol. The molecule has 1 heterocycles. The quantitative estimate of drug-likeness (QED) is 0.565. The fourth-order valence-electron chi connectivity index (χ4n) is 0.836. The Morgan fingerprint density at radius 3 is 2.77 bits per heavy atom. The molecule has 1 aliphatic rings. The van der Waals surface area contributed by atoms with E-state index >= 15 is 0 Å². The average molecular weight is 207 g/mol. The third kappa shape index (κ3) is 1.94. The number of rotatable bonds is 0. The van der Waals surface area contributed by atoms with Crippen LogP contribution in [0.25, 0.3) is 0 Å². The van der Waals surface area contributed by atoms with Gasteiger partial charge in [-0.2, -0.15) is 4.31 Å². The Kier molecular flexibility index (Phi) is 2.50. The van der Waals surface area contributed by atoms with E-state index in [-0.39, 0.29) is 5.70 Å². The highest BCUT2D eigenvalue weighted by Gasteiger charge is 2.35. The van der Waals surface area contributed by atoms with Crippen LogP contribution in [0.4, 0.5) is 4.79 Å². The molecule has 6 nitrogen and oxygen atoms in total. The van der Waals surface area contributed by atoms with Gasteiger partial charge in [-0.3, -0.25) is 9.11 Å². The number of carboxylic acid groups (broad SMARTS) is 1. The molecule has 1 rings (SSSR count). The molecule has 1 amide bonds. The lowest BCUT2D eigenvalue weighted by Crippen LogP contribution is -2.30. The van der Waals surface area contributed by atoms with Crippen molar-refractivity contribution < 1.29 is 23.2 Å². The van der Waals surface area contributed by atoms with Crippen molar-refractivity contribution in [3.8, 4) is 0 Å². The standard InChI is InChI=1S/C6H9NO5S/c1-5-3-2-4-12-13(10,11)7(5)6(8)9/h2-4,10-11H,1H3,(H,8,9). The van der Waals surface area contributed by atoms with Crippen LogP contribution in [-0.2, 0) is 4.18 Å². The first-order chi connectivity index (χ1) is 5.95. The second-order valence-corrected chi connectivity index (χ2v) is 3.77. The van der Waals surface area contributed by atoms with E-state index in [4.69, 9.17) is 5.11 Å². The summed E-state index contributed by atoms with van der Waals surface area (Å²) in [5, 5.41) is 8.65. The first-order valence-corrected chi connectivity index (χ1v) is 4.71. The zero-order chi connectivity index (χ0) is 10.1. The molecule has 0 fully saturated rings. The molecule has 7 heteroatoms. The number of amides is 1. The molecule has 0 aromatic carbocycles. The highest BCUT2D eigenvalue weighted by Crippen LogP contribution is 2.48. The Hall–Kier alpha value is -1.18. The summed E-state index contributed by atoms with van der Waals surface area (Å²) in [4.78, 5) is 10.6. The number of nitrogens with zero attached hydrogens (tertiary/aromatic N) is 1. The van der Waals surface area contributed by atoms with Crippen LogP contribution < -0.4 is 0 Å². The molecule has 0 atom stereocenters. The summed E-state index contributed by atoms with van der Waals surface area (Å²) in [6.45, 7) is 1.43. The largest absolute Gasteiger partial charge is 0.464 e. The molecule has 0 radical (unpaired) electrons. The van der Waals surface area contributed by atoms with Gasteiger partial charge in [0, 0.05) is 5.70 Å². The van der Waals surface area contributed by atoms with Gasteiger partial charge in [0.15, 0.2) is 0 Å². The maximum atomic E-state index is 10.6. The van der Waals surface area contributed by atoms with Crippen LogP contribution in [0.3, 0.4) is 0 Å². The van der Waals surface area contributed by atoms with Crippen LogP contribution in [0.15, 0.2) is 24.1 Å². The van der Waals surface area contributed by atoms with Crippen molar-refractivity contribution in [2.24, 2.45) is 0 Å². The lowest BCUT2D eigenvalue weighted by atomic mass is 10.4. The minimum atomic E-state index is -3.73. The Morgan fingerprint density at radius 1 is 1.62 bits per heavy atom. The molecule has 13 heavy (non-hydrogen) atoms. The van der Waals surface area contributed by atoms with Gasteiger partial charge >= 0.3 is 6.09 Å². The SMILES string of the molecule is CC1=CC=COS(O)(O)N1C(=O)O. The maximum Gasteiger partial charge on any atom is 0.426 e. The number of hydrogen-bond donors (Lipinski definition) is 3. The first-order valence-electron chi connectivity index (χ1n) is 3.28. The number of hydrogen-bond acceptors (Lipinski definition) is 4. The molecule has 0 aromatic heterocycles. The zero-order valence-corrected chi connectivity index (χ0v) is 7.56. The second kappa shape index (κ2) is 3.29. The van der Waals surface area contributed by atoms with Crippen LogP contribution in [0, 0.1) is 0 Å². The molecular formula is C6H9NO5S. The van der Waals surface area contributed by atoms with Crippen molar-refractivity contribution >= 4 is 17.1 Å². The molecule has 0 unspecified atom stereocenters. The molecule has 0 aliphatic carbocycles. The van der Waals surface area contributed by atoms with E-state index in [1.54, 1.807) is 0 Å². The number of carbonyl (C=O) groups is 1. The third-order valence-electron chi connectivity index (χ3n) is 1.33. The molecule has 0 spiro atoms. The second-order valence-electron chi connectivity index (χ2n) is 2.28. The monoisotopic (exact) mass is 207 g/mol. The molecule has 1 aliphatic heterocycles. The van der Waals surface area contributed by atoms with Gasteiger partial charge in [0.25, 0.3) is 0 Å². The van der Waals surface area contributed by atoms with Gasteiger partial charge in [-0.1, -0.05) is 0 Å².